The number of hydrogen-bond donors (Lipinski definition) is 1. The van der Waals surface area contributed by atoms with Gasteiger partial charge in [-0.2, -0.15) is 0 Å². The van der Waals surface area contributed by atoms with E-state index in [4.69, 9.17) is 17.3 Å². The second kappa shape index (κ2) is 6.12. The van der Waals surface area contributed by atoms with Crippen LogP contribution in [0.4, 0.5) is 4.39 Å². The van der Waals surface area contributed by atoms with Gasteiger partial charge in [0.1, 0.15) is 11.6 Å². The zero-order valence-electron chi connectivity index (χ0n) is 10.0. The van der Waals surface area contributed by atoms with E-state index in [0.29, 0.717) is 12.0 Å². The van der Waals surface area contributed by atoms with Crippen molar-refractivity contribution in [2.45, 2.75) is 32.7 Å². The molecule has 0 aromatic heterocycles. The minimum absolute atomic E-state index is 0.0275. The summed E-state index contributed by atoms with van der Waals surface area (Å²) in [4.78, 5) is 11.7. The van der Waals surface area contributed by atoms with Crippen LogP contribution < -0.4 is 5.73 Å². The first-order valence-corrected chi connectivity index (χ1v) is 5.99. The van der Waals surface area contributed by atoms with Gasteiger partial charge in [-0.3, -0.25) is 4.79 Å². The Morgan fingerprint density at radius 2 is 2.12 bits per heavy atom. The summed E-state index contributed by atoms with van der Waals surface area (Å²) in [5, 5.41) is 0.288. The van der Waals surface area contributed by atoms with Crippen LogP contribution in [0.1, 0.15) is 25.8 Å². The second-order valence-corrected chi connectivity index (χ2v) is 4.97. The van der Waals surface area contributed by atoms with Gasteiger partial charge in [0.15, 0.2) is 0 Å². The van der Waals surface area contributed by atoms with Crippen molar-refractivity contribution in [2.24, 2.45) is 11.7 Å². The molecule has 0 fully saturated rings. The van der Waals surface area contributed by atoms with Crippen LogP contribution in [0.25, 0.3) is 0 Å². The molecule has 1 aromatic rings. The third kappa shape index (κ3) is 4.44. The molecule has 2 nitrogen and oxygen atoms in total. The van der Waals surface area contributed by atoms with Gasteiger partial charge in [0.2, 0.25) is 0 Å². The van der Waals surface area contributed by atoms with Gasteiger partial charge in [0, 0.05) is 23.9 Å². The van der Waals surface area contributed by atoms with Gasteiger partial charge in [-0.15, -0.1) is 0 Å². The number of Topliss-reactive ketones (excluding diaryl/α,β-unsaturated/α-hetero) is 1. The highest BCUT2D eigenvalue weighted by Gasteiger charge is 2.14. The fourth-order valence-electron chi connectivity index (χ4n) is 1.45. The molecule has 2 N–H and O–H groups in total. The molecule has 0 heterocycles. The predicted molar refractivity (Wildman–Crippen MR) is 67.6 cm³/mol. The second-order valence-electron chi connectivity index (χ2n) is 4.56. The topological polar surface area (TPSA) is 43.1 Å². The first-order chi connectivity index (χ1) is 7.90. The molecule has 0 aliphatic heterocycles. The molecule has 0 bridgehead atoms. The average Bonchev–Trinajstić information content (AvgIpc) is 2.22. The minimum Gasteiger partial charge on any atom is -0.327 e. The van der Waals surface area contributed by atoms with Crippen LogP contribution in [0, 0.1) is 11.7 Å². The standard InChI is InChI=1S/C13H17ClFNO/c1-8(2)13(16)7-11(17)5-9-3-4-10(15)6-12(9)14/h3-4,6,8,13H,5,7,16H2,1-2H3. The van der Waals surface area contributed by atoms with E-state index in [0.717, 1.165) is 0 Å². The van der Waals surface area contributed by atoms with E-state index in [9.17, 15) is 9.18 Å². The molecular weight excluding hydrogens is 241 g/mol. The molecule has 0 radical (unpaired) electrons. The lowest BCUT2D eigenvalue weighted by atomic mass is 9.97. The maximum absolute atomic E-state index is 12.8. The minimum atomic E-state index is -0.398. The fraction of sp³-hybridized carbons (Fsp3) is 0.462. The lowest BCUT2D eigenvalue weighted by Gasteiger charge is -2.14. The number of ketones is 1. The van der Waals surface area contributed by atoms with Gasteiger partial charge < -0.3 is 5.73 Å². The number of halogens is 2. The van der Waals surface area contributed by atoms with Gasteiger partial charge in [0.05, 0.1) is 0 Å². The molecule has 1 aromatic carbocycles. The molecule has 1 rings (SSSR count). The number of carbonyl (C=O) groups is 1. The van der Waals surface area contributed by atoms with Crippen LogP contribution in [0.15, 0.2) is 18.2 Å². The zero-order chi connectivity index (χ0) is 13.0. The van der Waals surface area contributed by atoms with E-state index in [-0.39, 0.29) is 29.2 Å². The highest BCUT2D eigenvalue weighted by molar-refractivity contribution is 6.31. The molecule has 4 heteroatoms. The normalized spacial score (nSPS) is 12.8. The first-order valence-electron chi connectivity index (χ1n) is 5.61. The number of carbonyl (C=O) groups excluding carboxylic acids is 1. The SMILES string of the molecule is CC(C)C(N)CC(=O)Cc1ccc(F)cc1Cl. The highest BCUT2D eigenvalue weighted by Crippen LogP contribution is 2.18. The third-order valence-corrected chi connectivity index (χ3v) is 3.07. The average molecular weight is 258 g/mol. The summed E-state index contributed by atoms with van der Waals surface area (Å²) in [6, 6.07) is 3.92. The highest BCUT2D eigenvalue weighted by atomic mass is 35.5. The number of benzene rings is 1. The van der Waals surface area contributed by atoms with E-state index < -0.39 is 5.82 Å². The smallest absolute Gasteiger partial charge is 0.138 e. The summed E-state index contributed by atoms with van der Waals surface area (Å²) in [5.74, 6) is -0.104. The van der Waals surface area contributed by atoms with Crippen molar-refractivity contribution in [1.29, 1.82) is 0 Å². The van der Waals surface area contributed by atoms with Crippen molar-refractivity contribution >= 4 is 17.4 Å². The predicted octanol–water partition coefficient (Wildman–Crippen LogP) is 2.96. The maximum Gasteiger partial charge on any atom is 0.138 e. The Balaban J connectivity index is 2.62. The molecule has 1 unspecified atom stereocenters. The fourth-order valence-corrected chi connectivity index (χ4v) is 1.68. The lowest BCUT2D eigenvalue weighted by molar-refractivity contribution is -0.118. The van der Waals surface area contributed by atoms with Crippen molar-refractivity contribution in [3.05, 3.63) is 34.6 Å². The number of nitrogens with two attached hydrogens (primary N) is 1. The van der Waals surface area contributed by atoms with Crippen LogP contribution in [-0.2, 0) is 11.2 Å². The van der Waals surface area contributed by atoms with Crippen molar-refractivity contribution in [3.63, 3.8) is 0 Å². The molecule has 17 heavy (non-hydrogen) atoms. The molecule has 1 atom stereocenters. The van der Waals surface area contributed by atoms with Gasteiger partial charge in [-0.1, -0.05) is 31.5 Å². The van der Waals surface area contributed by atoms with E-state index in [2.05, 4.69) is 0 Å². The first kappa shape index (κ1) is 14.1. The zero-order valence-corrected chi connectivity index (χ0v) is 10.8. The molecule has 0 saturated carbocycles. The van der Waals surface area contributed by atoms with Gasteiger partial charge >= 0.3 is 0 Å². The Morgan fingerprint density at radius 3 is 2.65 bits per heavy atom. The Hall–Kier alpha value is -0.930. The van der Waals surface area contributed by atoms with E-state index in [1.807, 2.05) is 13.8 Å². The molecular formula is C13H17ClFNO. The van der Waals surface area contributed by atoms with Gasteiger partial charge in [-0.05, 0) is 23.6 Å². The van der Waals surface area contributed by atoms with Crippen molar-refractivity contribution in [1.82, 2.24) is 0 Å². The summed E-state index contributed by atoms with van der Waals surface area (Å²) in [7, 11) is 0. The van der Waals surface area contributed by atoms with E-state index >= 15 is 0 Å². The van der Waals surface area contributed by atoms with E-state index in [1.54, 1.807) is 0 Å². The Bertz CT molecular complexity index is 406. The summed E-state index contributed by atoms with van der Waals surface area (Å²) in [5.41, 5.74) is 6.47. The van der Waals surface area contributed by atoms with E-state index in [1.165, 1.54) is 18.2 Å². The van der Waals surface area contributed by atoms with Gasteiger partial charge in [0.25, 0.3) is 0 Å². The van der Waals surface area contributed by atoms with Gasteiger partial charge in [-0.25, -0.2) is 4.39 Å². The molecule has 0 amide bonds. The maximum atomic E-state index is 12.8. The van der Waals surface area contributed by atoms with Crippen LogP contribution in [-0.4, -0.2) is 11.8 Å². The van der Waals surface area contributed by atoms with Crippen molar-refractivity contribution in [2.75, 3.05) is 0 Å². The molecule has 0 aliphatic rings. The Morgan fingerprint density at radius 1 is 1.47 bits per heavy atom. The Kier molecular flexibility index (Phi) is 5.09. The molecule has 0 saturated heterocycles. The van der Waals surface area contributed by atoms with Crippen molar-refractivity contribution < 1.29 is 9.18 Å². The molecule has 0 aliphatic carbocycles. The largest absolute Gasteiger partial charge is 0.327 e. The van der Waals surface area contributed by atoms with Crippen LogP contribution in [0.5, 0.6) is 0 Å². The van der Waals surface area contributed by atoms with Crippen LogP contribution in [0.2, 0.25) is 5.02 Å². The summed E-state index contributed by atoms with van der Waals surface area (Å²) < 4.78 is 12.8. The quantitative estimate of drug-likeness (QED) is 0.881. The summed E-state index contributed by atoms with van der Waals surface area (Å²) in [6.07, 6.45) is 0.533. The van der Waals surface area contributed by atoms with Crippen LogP contribution in [0.3, 0.4) is 0 Å². The Labute approximate surface area is 106 Å². The monoisotopic (exact) mass is 257 g/mol. The summed E-state index contributed by atoms with van der Waals surface area (Å²) >= 11 is 5.85. The lowest BCUT2D eigenvalue weighted by Crippen LogP contribution is -2.29. The number of rotatable bonds is 5. The summed E-state index contributed by atoms with van der Waals surface area (Å²) in [6.45, 7) is 3.95. The number of hydrogen-bond acceptors (Lipinski definition) is 2. The molecule has 94 valence electrons. The van der Waals surface area contributed by atoms with Crippen LogP contribution >= 0.6 is 11.6 Å². The third-order valence-electron chi connectivity index (χ3n) is 2.72. The molecule has 0 spiro atoms. The van der Waals surface area contributed by atoms with Crippen molar-refractivity contribution in [3.8, 4) is 0 Å².